The van der Waals surface area contributed by atoms with Crippen LogP contribution in [-0.4, -0.2) is 26.9 Å². The fourth-order valence-corrected chi connectivity index (χ4v) is 0.672. The Kier molecular flexibility index (Phi) is 2.26. The molecule has 0 fully saturated rings. The summed E-state index contributed by atoms with van der Waals surface area (Å²) in [5, 5.41) is 29.2. The second kappa shape index (κ2) is 3.19. The summed E-state index contributed by atoms with van der Waals surface area (Å²) in [4.78, 5) is 0. The predicted molar refractivity (Wildman–Crippen MR) is 37.7 cm³/mol. The molecule has 11 heavy (non-hydrogen) atoms. The Bertz CT molecular complexity index is 278. The quantitative estimate of drug-likeness (QED) is 0.483. The van der Waals surface area contributed by atoms with E-state index in [9.17, 15) is 0 Å². The topological polar surface area (TPSA) is 82.1 Å². The van der Waals surface area contributed by atoms with E-state index in [0.29, 0.717) is 5.46 Å². The van der Waals surface area contributed by atoms with Crippen LogP contribution in [-0.2, 0) is 6.54 Å². The highest BCUT2D eigenvalue weighted by molar-refractivity contribution is 6.58. The summed E-state index contributed by atoms with van der Waals surface area (Å²) in [6.45, 7) is 0.118. The van der Waals surface area contributed by atoms with Crippen molar-refractivity contribution >= 4 is 12.6 Å². The third-order valence-corrected chi connectivity index (χ3v) is 1.18. The molecule has 0 aliphatic heterocycles. The molecule has 1 rings (SSSR count). The molecule has 56 valence electrons. The molecule has 0 unspecified atom stereocenters. The van der Waals surface area contributed by atoms with Crippen molar-refractivity contribution in [3.8, 4) is 6.07 Å². The number of hydrogen-bond donors (Lipinski definition) is 2. The number of aromatic nitrogens is 2. The predicted octanol–water partition coefficient (Wildman–Crippen LogP) is -1.91. The van der Waals surface area contributed by atoms with E-state index in [1.807, 2.05) is 6.07 Å². The van der Waals surface area contributed by atoms with E-state index in [1.54, 1.807) is 0 Å². The van der Waals surface area contributed by atoms with Gasteiger partial charge in [0.05, 0.1) is 6.07 Å². The molecule has 1 aromatic rings. The van der Waals surface area contributed by atoms with Crippen molar-refractivity contribution in [2.24, 2.45) is 0 Å². The minimum atomic E-state index is -1.51. The van der Waals surface area contributed by atoms with E-state index in [1.165, 1.54) is 17.1 Å². The fraction of sp³-hybridized carbons (Fsp3) is 0.200. The number of rotatable bonds is 2. The van der Waals surface area contributed by atoms with E-state index in [2.05, 4.69) is 5.10 Å². The molecule has 0 bridgehead atoms. The molecular weight excluding hydrogens is 145 g/mol. The maximum absolute atomic E-state index is 8.62. The average Bonchev–Trinajstić information content (AvgIpc) is 2.37. The second-order valence-electron chi connectivity index (χ2n) is 2.00. The van der Waals surface area contributed by atoms with Crippen molar-refractivity contribution in [1.29, 1.82) is 5.26 Å². The molecule has 0 spiro atoms. The standard InChI is InChI=1S/C5H6BN3O2/c7-1-2-9-4-5(3-8-9)6(10)11/h3-4,10-11H,2H2. The molecule has 0 aliphatic rings. The zero-order valence-electron chi connectivity index (χ0n) is 5.68. The van der Waals surface area contributed by atoms with E-state index in [4.69, 9.17) is 15.3 Å². The number of hydrogen-bond acceptors (Lipinski definition) is 4. The molecule has 0 aliphatic carbocycles. The maximum Gasteiger partial charge on any atom is 0.491 e. The van der Waals surface area contributed by atoms with Crippen LogP contribution in [0.5, 0.6) is 0 Å². The molecule has 5 nitrogen and oxygen atoms in total. The van der Waals surface area contributed by atoms with Crippen LogP contribution in [0, 0.1) is 11.3 Å². The van der Waals surface area contributed by atoms with Crippen molar-refractivity contribution in [2.75, 3.05) is 0 Å². The van der Waals surface area contributed by atoms with Crippen molar-refractivity contribution in [3.05, 3.63) is 12.4 Å². The largest absolute Gasteiger partial charge is 0.491 e. The van der Waals surface area contributed by atoms with Gasteiger partial charge < -0.3 is 10.0 Å². The zero-order valence-corrected chi connectivity index (χ0v) is 5.68. The van der Waals surface area contributed by atoms with Gasteiger partial charge in [0.1, 0.15) is 6.54 Å². The molecule has 0 saturated carbocycles. The fourth-order valence-electron chi connectivity index (χ4n) is 0.672. The summed E-state index contributed by atoms with van der Waals surface area (Å²) < 4.78 is 1.33. The monoisotopic (exact) mass is 151 g/mol. The van der Waals surface area contributed by atoms with Crippen LogP contribution in [0.1, 0.15) is 0 Å². The van der Waals surface area contributed by atoms with Crippen molar-refractivity contribution in [2.45, 2.75) is 6.54 Å². The van der Waals surface area contributed by atoms with Crippen LogP contribution in [0.4, 0.5) is 0 Å². The molecule has 0 atom stereocenters. The van der Waals surface area contributed by atoms with Crippen LogP contribution in [0.15, 0.2) is 12.4 Å². The van der Waals surface area contributed by atoms with Gasteiger partial charge in [-0.1, -0.05) is 0 Å². The van der Waals surface area contributed by atoms with Gasteiger partial charge in [-0.05, 0) is 0 Å². The number of nitriles is 1. The van der Waals surface area contributed by atoms with Gasteiger partial charge in [-0.2, -0.15) is 10.4 Å². The number of nitrogens with zero attached hydrogens (tertiary/aromatic N) is 3. The van der Waals surface area contributed by atoms with Crippen LogP contribution in [0.3, 0.4) is 0 Å². The van der Waals surface area contributed by atoms with Gasteiger partial charge in [0.25, 0.3) is 0 Å². The molecule has 0 saturated heterocycles. The van der Waals surface area contributed by atoms with Crippen LogP contribution < -0.4 is 5.46 Å². The summed E-state index contributed by atoms with van der Waals surface area (Å²) in [6, 6.07) is 1.87. The molecule has 2 N–H and O–H groups in total. The van der Waals surface area contributed by atoms with Crippen LogP contribution in [0.25, 0.3) is 0 Å². The first-order valence-corrected chi connectivity index (χ1v) is 2.99. The first kappa shape index (κ1) is 7.79. The van der Waals surface area contributed by atoms with Crippen molar-refractivity contribution < 1.29 is 10.0 Å². The Balaban J connectivity index is 2.75. The summed E-state index contributed by atoms with van der Waals surface area (Å²) in [5.74, 6) is 0. The SMILES string of the molecule is N#CCn1cc(B(O)O)cn1. The van der Waals surface area contributed by atoms with Gasteiger partial charge in [0.15, 0.2) is 0 Å². The minimum Gasteiger partial charge on any atom is -0.423 e. The lowest BCUT2D eigenvalue weighted by Gasteiger charge is -1.89. The molecule has 6 heteroatoms. The summed E-state index contributed by atoms with van der Waals surface area (Å²) >= 11 is 0. The highest BCUT2D eigenvalue weighted by atomic mass is 16.4. The van der Waals surface area contributed by atoms with Gasteiger partial charge in [0.2, 0.25) is 0 Å². The zero-order chi connectivity index (χ0) is 8.27. The van der Waals surface area contributed by atoms with E-state index >= 15 is 0 Å². The summed E-state index contributed by atoms with van der Waals surface area (Å²) in [6.07, 6.45) is 2.72. The Labute approximate surface area is 63.6 Å². The molecule has 0 amide bonds. The minimum absolute atomic E-state index is 0.118. The van der Waals surface area contributed by atoms with Crippen molar-refractivity contribution in [1.82, 2.24) is 9.78 Å². The lowest BCUT2D eigenvalue weighted by atomic mass is 9.83. The molecule has 1 heterocycles. The maximum atomic E-state index is 8.62. The lowest BCUT2D eigenvalue weighted by molar-refractivity contribution is 0.425. The third-order valence-electron chi connectivity index (χ3n) is 1.18. The highest BCUT2D eigenvalue weighted by Crippen LogP contribution is 1.82. The first-order valence-electron chi connectivity index (χ1n) is 2.99. The Morgan fingerprint density at radius 3 is 2.91 bits per heavy atom. The Morgan fingerprint density at radius 1 is 1.73 bits per heavy atom. The van der Waals surface area contributed by atoms with Crippen LogP contribution >= 0.6 is 0 Å². The molecular formula is C5H6BN3O2. The van der Waals surface area contributed by atoms with Gasteiger partial charge >= 0.3 is 7.12 Å². The van der Waals surface area contributed by atoms with Crippen molar-refractivity contribution in [3.63, 3.8) is 0 Å². The molecule has 0 aromatic carbocycles. The van der Waals surface area contributed by atoms with Gasteiger partial charge in [-0.25, -0.2) is 0 Å². The Hall–Kier alpha value is -1.32. The molecule has 1 aromatic heterocycles. The summed E-state index contributed by atoms with van der Waals surface area (Å²) in [7, 11) is -1.51. The van der Waals surface area contributed by atoms with Gasteiger partial charge in [-0.15, -0.1) is 0 Å². The van der Waals surface area contributed by atoms with E-state index in [0.717, 1.165) is 0 Å². The highest BCUT2D eigenvalue weighted by Gasteiger charge is 2.12. The van der Waals surface area contributed by atoms with E-state index in [-0.39, 0.29) is 6.54 Å². The normalized spacial score (nSPS) is 9.18. The smallest absolute Gasteiger partial charge is 0.423 e. The van der Waals surface area contributed by atoms with E-state index < -0.39 is 7.12 Å². The first-order chi connectivity index (χ1) is 5.24. The molecule has 0 radical (unpaired) electrons. The second-order valence-corrected chi connectivity index (χ2v) is 2.00. The van der Waals surface area contributed by atoms with Gasteiger partial charge in [0, 0.05) is 17.9 Å². The van der Waals surface area contributed by atoms with Crippen LogP contribution in [0.2, 0.25) is 0 Å². The average molecular weight is 151 g/mol. The Morgan fingerprint density at radius 2 is 2.45 bits per heavy atom. The lowest BCUT2D eigenvalue weighted by Crippen LogP contribution is -2.28. The third kappa shape index (κ3) is 1.80. The summed E-state index contributed by atoms with van der Waals surface area (Å²) in [5.41, 5.74) is 0.292. The van der Waals surface area contributed by atoms with Gasteiger partial charge in [-0.3, -0.25) is 4.68 Å².